The Morgan fingerprint density at radius 3 is 2.11 bits per heavy atom. The van der Waals surface area contributed by atoms with E-state index in [-0.39, 0.29) is 24.5 Å². The van der Waals surface area contributed by atoms with E-state index in [9.17, 15) is 9.59 Å². The van der Waals surface area contributed by atoms with Crippen molar-refractivity contribution in [3.63, 3.8) is 0 Å². The average Bonchev–Trinajstić information content (AvgIpc) is 2.92. The van der Waals surface area contributed by atoms with E-state index in [0.717, 1.165) is 47.9 Å². The molecule has 0 bridgehead atoms. The number of amides is 2. The molecule has 3 aromatic carbocycles. The van der Waals surface area contributed by atoms with Crippen LogP contribution in [0, 0.1) is 13.8 Å². The van der Waals surface area contributed by atoms with Crippen LogP contribution in [0.1, 0.15) is 54.4 Å². The highest BCUT2D eigenvalue weighted by molar-refractivity contribution is 5.88. The standard InChI is InChI=1S/C32H38N2O3/c1-24-13-17-27(18-14-24)22-34(31(35)23-37-29-19-15-25(2)16-20-29)30(21-26-9-5-3-6-10-26)32(36)33-28-11-7-4-8-12-28/h3,5-6,9-10,13-20,28,30H,4,7-8,11-12,21-23H2,1-2H3,(H,33,36). The molecule has 0 saturated heterocycles. The van der Waals surface area contributed by atoms with Crippen LogP contribution in [0.15, 0.2) is 78.9 Å². The van der Waals surface area contributed by atoms with Gasteiger partial charge in [0.15, 0.2) is 6.61 Å². The van der Waals surface area contributed by atoms with E-state index in [1.54, 1.807) is 4.90 Å². The molecule has 1 atom stereocenters. The maximum atomic E-state index is 13.8. The first-order valence-corrected chi connectivity index (χ1v) is 13.4. The fourth-order valence-corrected chi connectivity index (χ4v) is 4.85. The minimum absolute atomic E-state index is 0.0912. The Hall–Kier alpha value is -3.60. The molecule has 4 rings (SSSR count). The van der Waals surface area contributed by atoms with Crippen LogP contribution < -0.4 is 10.1 Å². The van der Waals surface area contributed by atoms with Gasteiger partial charge in [0.2, 0.25) is 5.91 Å². The second-order valence-electron chi connectivity index (χ2n) is 10.2. The van der Waals surface area contributed by atoms with Gasteiger partial charge in [-0.05, 0) is 49.9 Å². The molecule has 1 saturated carbocycles. The molecule has 1 unspecified atom stereocenters. The maximum Gasteiger partial charge on any atom is 0.261 e. The van der Waals surface area contributed by atoms with Gasteiger partial charge in [0, 0.05) is 19.0 Å². The van der Waals surface area contributed by atoms with Crippen LogP contribution in [0.5, 0.6) is 5.75 Å². The SMILES string of the molecule is Cc1ccc(CN(C(=O)COc2ccc(C)cc2)C(Cc2ccccc2)C(=O)NC2CCCCC2)cc1. The van der Waals surface area contributed by atoms with Crippen molar-refractivity contribution < 1.29 is 14.3 Å². The summed E-state index contributed by atoms with van der Waals surface area (Å²) >= 11 is 0. The van der Waals surface area contributed by atoms with Crippen LogP contribution in [0.2, 0.25) is 0 Å². The normalized spacial score (nSPS) is 14.5. The molecule has 2 amide bonds. The van der Waals surface area contributed by atoms with Crippen LogP contribution in [-0.2, 0) is 22.6 Å². The third-order valence-corrected chi connectivity index (χ3v) is 7.08. The maximum absolute atomic E-state index is 13.8. The van der Waals surface area contributed by atoms with Crippen molar-refractivity contribution in [2.75, 3.05) is 6.61 Å². The number of hydrogen-bond acceptors (Lipinski definition) is 3. The highest BCUT2D eigenvalue weighted by Crippen LogP contribution is 2.20. The second-order valence-corrected chi connectivity index (χ2v) is 10.2. The molecule has 194 valence electrons. The summed E-state index contributed by atoms with van der Waals surface area (Å²) in [5.41, 5.74) is 4.28. The molecular formula is C32H38N2O3. The summed E-state index contributed by atoms with van der Waals surface area (Å²) < 4.78 is 5.87. The molecule has 5 heteroatoms. The molecule has 5 nitrogen and oxygen atoms in total. The second kappa shape index (κ2) is 13.1. The summed E-state index contributed by atoms with van der Waals surface area (Å²) in [6, 6.07) is 25.2. The summed E-state index contributed by atoms with van der Waals surface area (Å²) in [4.78, 5) is 29.2. The van der Waals surface area contributed by atoms with Crippen LogP contribution >= 0.6 is 0 Å². The van der Waals surface area contributed by atoms with Crippen molar-refractivity contribution in [1.82, 2.24) is 10.2 Å². The molecule has 1 fully saturated rings. The van der Waals surface area contributed by atoms with E-state index in [1.165, 1.54) is 6.42 Å². The minimum atomic E-state index is -0.639. The molecular weight excluding hydrogens is 460 g/mol. The van der Waals surface area contributed by atoms with Gasteiger partial charge >= 0.3 is 0 Å². The Balaban J connectivity index is 1.59. The van der Waals surface area contributed by atoms with Crippen molar-refractivity contribution in [3.05, 3.63) is 101 Å². The zero-order valence-corrected chi connectivity index (χ0v) is 22.0. The van der Waals surface area contributed by atoms with Gasteiger partial charge in [-0.15, -0.1) is 0 Å². The third kappa shape index (κ3) is 7.94. The average molecular weight is 499 g/mol. The minimum Gasteiger partial charge on any atom is -0.484 e. The summed E-state index contributed by atoms with van der Waals surface area (Å²) in [6.45, 7) is 4.26. The van der Waals surface area contributed by atoms with Gasteiger partial charge in [-0.25, -0.2) is 0 Å². The van der Waals surface area contributed by atoms with E-state index in [2.05, 4.69) is 5.32 Å². The Labute approximate surface area is 220 Å². The molecule has 1 aliphatic carbocycles. The van der Waals surface area contributed by atoms with Gasteiger partial charge in [-0.3, -0.25) is 9.59 Å². The van der Waals surface area contributed by atoms with Crippen molar-refractivity contribution in [1.29, 1.82) is 0 Å². The quantitative estimate of drug-likeness (QED) is 0.386. The van der Waals surface area contributed by atoms with Crippen LogP contribution in [0.25, 0.3) is 0 Å². The van der Waals surface area contributed by atoms with Crippen molar-refractivity contribution in [2.45, 2.75) is 71.0 Å². The van der Waals surface area contributed by atoms with Gasteiger partial charge in [0.1, 0.15) is 11.8 Å². The Morgan fingerprint density at radius 2 is 1.46 bits per heavy atom. The molecule has 0 heterocycles. The molecule has 0 spiro atoms. The van der Waals surface area contributed by atoms with E-state index < -0.39 is 6.04 Å². The zero-order valence-electron chi connectivity index (χ0n) is 22.0. The lowest BCUT2D eigenvalue weighted by Gasteiger charge is -2.33. The topological polar surface area (TPSA) is 58.6 Å². The first-order valence-electron chi connectivity index (χ1n) is 13.4. The largest absolute Gasteiger partial charge is 0.484 e. The third-order valence-electron chi connectivity index (χ3n) is 7.08. The van der Waals surface area contributed by atoms with E-state index >= 15 is 0 Å². The number of rotatable bonds is 10. The number of ether oxygens (including phenoxy) is 1. The van der Waals surface area contributed by atoms with Gasteiger partial charge in [-0.2, -0.15) is 0 Å². The number of nitrogens with zero attached hydrogens (tertiary/aromatic N) is 1. The Morgan fingerprint density at radius 1 is 0.838 bits per heavy atom. The fraction of sp³-hybridized carbons (Fsp3) is 0.375. The summed E-state index contributed by atoms with van der Waals surface area (Å²) in [5.74, 6) is 0.341. The highest BCUT2D eigenvalue weighted by Gasteiger charge is 2.32. The van der Waals surface area contributed by atoms with E-state index in [4.69, 9.17) is 4.74 Å². The van der Waals surface area contributed by atoms with Crippen molar-refractivity contribution >= 4 is 11.8 Å². The van der Waals surface area contributed by atoms with Crippen molar-refractivity contribution in [2.24, 2.45) is 0 Å². The number of carbonyl (C=O) groups is 2. The molecule has 0 radical (unpaired) electrons. The van der Waals surface area contributed by atoms with E-state index in [1.807, 2.05) is 92.7 Å². The first-order chi connectivity index (χ1) is 18.0. The molecule has 0 aromatic heterocycles. The Kier molecular flexibility index (Phi) is 9.36. The molecule has 3 aromatic rings. The number of nitrogens with one attached hydrogen (secondary N) is 1. The number of hydrogen-bond donors (Lipinski definition) is 1. The van der Waals surface area contributed by atoms with Gasteiger partial charge in [-0.1, -0.05) is 97.1 Å². The van der Waals surface area contributed by atoms with Crippen LogP contribution in [0.3, 0.4) is 0 Å². The fourth-order valence-electron chi connectivity index (χ4n) is 4.85. The zero-order chi connectivity index (χ0) is 26.0. The highest BCUT2D eigenvalue weighted by atomic mass is 16.5. The van der Waals surface area contributed by atoms with Gasteiger partial charge in [0.25, 0.3) is 5.91 Å². The lowest BCUT2D eigenvalue weighted by Crippen LogP contribution is -2.53. The number of carbonyl (C=O) groups excluding carboxylic acids is 2. The van der Waals surface area contributed by atoms with Gasteiger partial charge < -0.3 is 15.0 Å². The molecule has 0 aliphatic heterocycles. The number of benzene rings is 3. The predicted octanol–water partition coefficient (Wildman–Crippen LogP) is 5.77. The molecule has 1 aliphatic rings. The number of aryl methyl sites for hydroxylation is 2. The monoisotopic (exact) mass is 498 g/mol. The van der Waals surface area contributed by atoms with Crippen LogP contribution in [-0.4, -0.2) is 35.4 Å². The summed E-state index contributed by atoms with van der Waals surface area (Å²) in [6.07, 6.45) is 5.91. The predicted molar refractivity (Wildman–Crippen MR) is 147 cm³/mol. The van der Waals surface area contributed by atoms with Crippen LogP contribution in [0.4, 0.5) is 0 Å². The summed E-state index contributed by atoms with van der Waals surface area (Å²) in [7, 11) is 0. The van der Waals surface area contributed by atoms with Gasteiger partial charge in [0.05, 0.1) is 0 Å². The van der Waals surface area contributed by atoms with E-state index in [0.29, 0.717) is 18.7 Å². The Bertz CT molecular complexity index is 1140. The lowest BCUT2D eigenvalue weighted by molar-refractivity contribution is -0.143. The smallest absolute Gasteiger partial charge is 0.261 e. The molecule has 1 N–H and O–H groups in total. The lowest BCUT2D eigenvalue weighted by atomic mass is 9.94. The van der Waals surface area contributed by atoms with Crippen molar-refractivity contribution in [3.8, 4) is 5.75 Å². The molecule has 37 heavy (non-hydrogen) atoms. The summed E-state index contributed by atoms with van der Waals surface area (Å²) in [5, 5.41) is 3.28. The first kappa shape index (κ1) is 26.5.